The smallest absolute Gasteiger partial charge is 0.152 e. The maximum Gasteiger partial charge on any atom is 0.152 e. The van der Waals surface area contributed by atoms with Crippen molar-refractivity contribution in [3.05, 3.63) is 95.8 Å². The molecule has 0 unspecified atom stereocenters. The van der Waals surface area contributed by atoms with Crippen LogP contribution >= 0.6 is 0 Å². The van der Waals surface area contributed by atoms with Crippen LogP contribution in [0.15, 0.2) is 78.9 Å². The lowest BCUT2D eigenvalue weighted by Gasteiger charge is -2.09. The zero-order chi connectivity index (χ0) is 17.6. The monoisotopic (exact) mass is 342 g/mol. The van der Waals surface area contributed by atoms with Gasteiger partial charge < -0.3 is 4.74 Å². The molecule has 0 aliphatic carbocycles. The van der Waals surface area contributed by atoms with E-state index in [-0.39, 0.29) is 0 Å². The highest BCUT2D eigenvalue weighted by atomic mass is 16.5. The van der Waals surface area contributed by atoms with Crippen molar-refractivity contribution in [3.63, 3.8) is 0 Å². The second-order valence-corrected chi connectivity index (χ2v) is 6.02. The van der Waals surface area contributed by atoms with Crippen molar-refractivity contribution in [3.8, 4) is 16.9 Å². The van der Waals surface area contributed by atoms with Crippen LogP contribution in [0.5, 0.6) is 5.75 Å². The SMILES string of the molecule is c1ccc(-c2ccc(OCc3cccc(Cc4nnn[nH]4)c3)cc2)cc1. The number of aromatic amines is 1. The molecule has 128 valence electrons. The topological polar surface area (TPSA) is 63.7 Å². The van der Waals surface area contributed by atoms with Gasteiger partial charge in [0, 0.05) is 6.42 Å². The Morgan fingerprint density at radius 2 is 1.54 bits per heavy atom. The van der Waals surface area contributed by atoms with Gasteiger partial charge in [0.15, 0.2) is 5.82 Å². The van der Waals surface area contributed by atoms with Gasteiger partial charge in [-0.15, -0.1) is 5.10 Å². The van der Waals surface area contributed by atoms with Crippen molar-refractivity contribution in [2.45, 2.75) is 13.0 Å². The highest BCUT2D eigenvalue weighted by Gasteiger charge is 2.03. The second kappa shape index (κ2) is 7.61. The van der Waals surface area contributed by atoms with Gasteiger partial charge in [-0.05, 0) is 44.8 Å². The molecule has 4 aromatic rings. The molecule has 0 bridgehead atoms. The van der Waals surface area contributed by atoms with E-state index in [0.29, 0.717) is 13.0 Å². The van der Waals surface area contributed by atoms with Crippen LogP contribution in [0.2, 0.25) is 0 Å². The lowest BCUT2D eigenvalue weighted by molar-refractivity contribution is 0.306. The Bertz CT molecular complexity index is 951. The van der Waals surface area contributed by atoms with Crippen LogP contribution in [0, 0.1) is 0 Å². The molecule has 0 saturated heterocycles. The van der Waals surface area contributed by atoms with Crippen LogP contribution in [-0.4, -0.2) is 20.6 Å². The molecule has 5 heteroatoms. The fourth-order valence-electron chi connectivity index (χ4n) is 2.82. The van der Waals surface area contributed by atoms with Gasteiger partial charge in [0.2, 0.25) is 0 Å². The number of nitrogens with zero attached hydrogens (tertiary/aromatic N) is 3. The Hall–Kier alpha value is -3.47. The third-order valence-corrected chi connectivity index (χ3v) is 4.12. The zero-order valence-corrected chi connectivity index (χ0v) is 14.2. The first-order valence-electron chi connectivity index (χ1n) is 8.45. The number of hydrogen-bond acceptors (Lipinski definition) is 4. The Morgan fingerprint density at radius 3 is 2.31 bits per heavy atom. The number of hydrogen-bond donors (Lipinski definition) is 1. The molecule has 0 amide bonds. The summed E-state index contributed by atoms with van der Waals surface area (Å²) in [4.78, 5) is 0. The summed E-state index contributed by atoms with van der Waals surface area (Å²) in [5.41, 5.74) is 4.64. The molecule has 0 atom stereocenters. The van der Waals surface area contributed by atoms with Crippen molar-refractivity contribution in [2.75, 3.05) is 0 Å². The summed E-state index contributed by atoms with van der Waals surface area (Å²) >= 11 is 0. The van der Waals surface area contributed by atoms with Crippen molar-refractivity contribution >= 4 is 0 Å². The largest absolute Gasteiger partial charge is 0.489 e. The van der Waals surface area contributed by atoms with Crippen LogP contribution in [0.1, 0.15) is 17.0 Å². The van der Waals surface area contributed by atoms with Crippen LogP contribution in [0.25, 0.3) is 11.1 Å². The Kier molecular flexibility index (Phi) is 4.69. The van der Waals surface area contributed by atoms with Gasteiger partial charge in [-0.3, -0.25) is 0 Å². The third kappa shape index (κ3) is 3.95. The predicted molar refractivity (Wildman–Crippen MR) is 99.6 cm³/mol. The Balaban J connectivity index is 1.39. The fourth-order valence-corrected chi connectivity index (χ4v) is 2.82. The first kappa shape index (κ1) is 16.0. The van der Waals surface area contributed by atoms with Gasteiger partial charge in [-0.2, -0.15) is 0 Å². The number of H-pyrrole nitrogens is 1. The zero-order valence-electron chi connectivity index (χ0n) is 14.2. The normalized spacial score (nSPS) is 10.6. The molecule has 0 saturated carbocycles. The highest BCUT2D eigenvalue weighted by molar-refractivity contribution is 5.63. The second-order valence-electron chi connectivity index (χ2n) is 6.02. The molecular weight excluding hydrogens is 324 g/mol. The lowest BCUT2D eigenvalue weighted by atomic mass is 10.1. The van der Waals surface area contributed by atoms with Crippen LogP contribution in [0.3, 0.4) is 0 Å². The molecule has 0 fully saturated rings. The van der Waals surface area contributed by atoms with Crippen LogP contribution < -0.4 is 4.74 Å². The fraction of sp³-hybridized carbons (Fsp3) is 0.0952. The molecule has 3 aromatic carbocycles. The van der Waals surface area contributed by atoms with Crippen LogP contribution in [-0.2, 0) is 13.0 Å². The maximum absolute atomic E-state index is 5.93. The van der Waals surface area contributed by atoms with E-state index in [2.05, 4.69) is 63.1 Å². The molecular formula is C21H18N4O. The van der Waals surface area contributed by atoms with E-state index >= 15 is 0 Å². The van der Waals surface area contributed by atoms with E-state index in [9.17, 15) is 0 Å². The number of nitrogens with one attached hydrogen (secondary N) is 1. The number of ether oxygens (including phenoxy) is 1. The van der Waals surface area contributed by atoms with E-state index in [1.807, 2.05) is 36.4 Å². The summed E-state index contributed by atoms with van der Waals surface area (Å²) in [6.45, 7) is 0.521. The minimum Gasteiger partial charge on any atom is -0.489 e. The summed E-state index contributed by atoms with van der Waals surface area (Å²) in [7, 11) is 0. The van der Waals surface area contributed by atoms with E-state index in [0.717, 1.165) is 22.7 Å². The lowest BCUT2D eigenvalue weighted by Crippen LogP contribution is -1.98. The van der Waals surface area contributed by atoms with Crippen molar-refractivity contribution in [1.82, 2.24) is 20.6 Å². The first-order chi connectivity index (χ1) is 12.9. The first-order valence-corrected chi connectivity index (χ1v) is 8.45. The summed E-state index contributed by atoms with van der Waals surface area (Å²) in [5.74, 6) is 1.61. The Morgan fingerprint density at radius 1 is 0.769 bits per heavy atom. The van der Waals surface area contributed by atoms with E-state index in [1.54, 1.807) is 0 Å². The standard InChI is InChI=1S/C21H18N4O/c1-2-7-18(8-3-1)19-9-11-20(12-10-19)26-15-17-6-4-5-16(13-17)14-21-22-24-25-23-21/h1-13H,14-15H2,(H,22,23,24,25). The molecule has 0 aliphatic heterocycles. The summed E-state index contributed by atoms with van der Waals surface area (Å²) in [6, 6.07) is 26.7. The van der Waals surface area contributed by atoms with E-state index in [4.69, 9.17) is 4.74 Å². The molecule has 1 aromatic heterocycles. The molecule has 0 spiro atoms. The van der Waals surface area contributed by atoms with Crippen LogP contribution in [0.4, 0.5) is 0 Å². The van der Waals surface area contributed by atoms with Gasteiger partial charge in [0.1, 0.15) is 12.4 Å². The molecule has 0 radical (unpaired) electrons. The maximum atomic E-state index is 5.93. The number of aromatic nitrogens is 4. The number of benzene rings is 3. The van der Waals surface area contributed by atoms with Gasteiger partial charge in [-0.25, -0.2) is 5.10 Å². The molecule has 26 heavy (non-hydrogen) atoms. The summed E-state index contributed by atoms with van der Waals surface area (Å²) in [6.07, 6.45) is 0.673. The quantitative estimate of drug-likeness (QED) is 0.574. The average Bonchev–Trinajstić information content (AvgIpc) is 3.21. The minimum absolute atomic E-state index is 0.521. The van der Waals surface area contributed by atoms with Gasteiger partial charge in [-0.1, -0.05) is 66.7 Å². The van der Waals surface area contributed by atoms with Gasteiger partial charge in [0.25, 0.3) is 0 Å². The molecule has 1 N–H and O–H groups in total. The van der Waals surface area contributed by atoms with Crippen molar-refractivity contribution < 1.29 is 4.74 Å². The van der Waals surface area contributed by atoms with Crippen molar-refractivity contribution in [2.24, 2.45) is 0 Å². The third-order valence-electron chi connectivity index (χ3n) is 4.12. The van der Waals surface area contributed by atoms with Gasteiger partial charge >= 0.3 is 0 Å². The molecule has 1 heterocycles. The van der Waals surface area contributed by atoms with E-state index < -0.39 is 0 Å². The summed E-state index contributed by atoms with van der Waals surface area (Å²) < 4.78 is 5.93. The molecule has 5 nitrogen and oxygen atoms in total. The van der Waals surface area contributed by atoms with E-state index in [1.165, 1.54) is 11.1 Å². The minimum atomic E-state index is 0.521. The number of tetrazole rings is 1. The van der Waals surface area contributed by atoms with Crippen molar-refractivity contribution in [1.29, 1.82) is 0 Å². The Labute approximate surface area is 151 Å². The highest BCUT2D eigenvalue weighted by Crippen LogP contribution is 2.22. The molecule has 0 aliphatic rings. The summed E-state index contributed by atoms with van der Waals surface area (Å²) in [5, 5.41) is 13.9. The molecule has 4 rings (SSSR count). The van der Waals surface area contributed by atoms with Gasteiger partial charge in [0.05, 0.1) is 0 Å². The number of rotatable bonds is 6. The predicted octanol–water partition coefficient (Wildman–Crippen LogP) is 4.04. The average molecular weight is 342 g/mol.